The third-order valence-corrected chi connectivity index (χ3v) is 3.49. The fourth-order valence-corrected chi connectivity index (χ4v) is 2.10. The zero-order valence-electron chi connectivity index (χ0n) is 10.9. The van der Waals surface area contributed by atoms with E-state index in [0.717, 1.165) is 12.2 Å². The van der Waals surface area contributed by atoms with Crippen molar-refractivity contribution < 1.29 is 19.4 Å². The number of rotatable bonds is 10. The van der Waals surface area contributed by atoms with Crippen LogP contribution in [0.4, 0.5) is 0 Å². The average molecular weight is 294 g/mol. The van der Waals surface area contributed by atoms with Crippen LogP contribution in [0.2, 0.25) is 0 Å². The molecule has 0 heterocycles. The highest BCUT2D eigenvalue weighted by Crippen LogP contribution is 2.10. The molecule has 0 aromatic carbocycles. The minimum atomic E-state index is -0.660. The molecule has 0 radical (unpaired) electrons. The van der Waals surface area contributed by atoms with Crippen molar-refractivity contribution in [3.05, 3.63) is 0 Å². The third-order valence-electron chi connectivity index (χ3n) is 2.22. The molecule has 0 unspecified atom stereocenters. The number of hydrogen-bond donors (Lipinski definition) is 1. The molecular formula is C12H22O4S2. The molecule has 0 aromatic heterocycles. The first kappa shape index (κ1) is 17.6. The number of carbonyl (C=O) groups is 2. The smallest absolute Gasteiger partial charge is 0.246 e. The second-order valence-corrected chi connectivity index (χ2v) is 5.31. The van der Waals surface area contributed by atoms with Crippen LogP contribution in [0.5, 0.6) is 0 Å². The SMILES string of the molecule is CCCCCCCCSCC(=O)OOC(=O)CS. The summed E-state index contributed by atoms with van der Waals surface area (Å²) in [7, 11) is 0. The quantitative estimate of drug-likeness (QED) is 0.290. The summed E-state index contributed by atoms with van der Waals surface area (Å²) in [5.41, 5.74) is 0. The van der Waals surface area contributed by atoms with Crippen molar-refractivity contribution in [3.63, 3.8) is 0 Å². The minimum absolute atomic E-state index is 0.0990. The Morgan fingerprint density at radius 3 is 2.28 bits per heavy atom. The zero-order valence-corrected chi connectivity index (χ0v) is 12.6. The van der Waals surface area contributed by atoms with Crippen LogP contribution in [0.1, 0.15) is 45.4 Å². The molecule has 0 aliphatic rings. The van der Waals surface area contributed by atoms with Crippen LogP contribution in [0.15, 0.2) is 0 Å². The molecule has 0 N–H and O–H groups in total. The van der Waals surface area contributed by atoms with Crippen molar-refractivity contribution in [1.82, 2.24) is 0 Å². The Bertz CT molecular complexity index is 234. The van der Waals surface area contributed by atoms with Gasteiger partial charge in [0.1, 0.15) is 0 Å². The van der Waals surface area contributed by atoms with E-state index in [4.69, 9.17) is 0 Å². The van der Waals surface area contributed by atoms with Crippen molar-refractivity contribution >= 4 is 36.3 Å². The molecule has 0 bridgehead atoms. The second-order valence-electron chi connectivity index (χ2n) is 3.89. The molecule has 0 aliphatic carbocycles. The van der Waals surface area contributed by atoms with Gasteiger partial charge in [0, 0.05) is 0 Å². The normalized spacial score (nSPS) is 10.1. The van der Waals surface area contributed by atoms with Crippen LogP contribution >= 0.6 is 24.4 Å². The van der Waals surface area contributed by atoms with Gasteiger partial charge >= 0.3 is 11.9 Å². The summed E-state index contributed by atoms with van der Waals surface area (Å²) >= 11 is 5.18. The summed E-state index contributed by atoms with van der Waals surface area (Å²) < 4.78 is 0. The molecule has 0 spiro atoms. The van der Waals surface area contributed by atoms with E-state index in [0.29, 0.717) is 0 Å². The van der Waals surface area contributed by atoms with Gasteiger partial charge in [-0.3, -0.25) is 0 Å². The Hall–Kier alpha value is -0.360. The van der Waals surface area contributed by atoms with Gasteiger partial charge in [-0.25, -0.2) is 19.4 Å². The maximum atomic E-state index is 11.1. The molecule has 6 heteroatoms. The molecule has 0 rings (SSSR count). The largest absolute Gasteiger partial charge is 0.365 e. The highest BCUT2D eigenvalue weighted by atomic mass is 32.2. The fourth-order valence-electron chi connectivity index (χ4n) is 1.28. The first-order chi connectivity index (χ1) is 8.70. The van der Waals surface area contributed by atoms with Gasteiger partial charge in [0.15, 0.2) is 0 Å². The van der Waals surface area contributed by atoms with Crippen LogP contribution in [0, 0.1) is 0 Å². The van der Waals surface area contributed by atoms with Crippen LogP contribution in [0.3, 0.4) is 0 Å². The third kappa shape index (κ3) is 12.1. The summed E-state index contributed by atoms with van der Waals surface area (Å²) in [6.07, 6.45) is 7.43. The maximum Gasteiger partial charge on any atom is 0.365 e. The van der Waals surface area contributed by atoms with Gasteiger partial charge in [-0.2, -0.15) is 12.6 Å². The van der Waals surface area contributed by atoms with Crippen LogP contribution < -0.4 is 0 Å². The summed E-state index contributed by atoms with van der Waals surface area (Å²) in [4.78, 5) is 30.2. The highest BCUT2D eigenvalue weighted by molar-refractivity contribution is 7.99. The molecule has 0 amide bonds. The van der Waals surface area contributed by atoms with E-state index in [1.54, 1.807) is 0 Å². The molecule has 0 aromatic rings. The molecule has 0 saturated carbocycles. The van der Waals surface area contributed by atoms with E-state index in [1.165, 1.54) is 43.9 Å². The van der Waals surface area contributed by atoms with Gasteiger partial charge in [0.05, 0.1) is 11.5 Å². The van der Waals surface area contributed by atoms with Crippen molar-refractivity contribution in [1.29, 1.82) is 0 Å². The van der Waals surface area contributed by atoms with Gasteiger partial charge in [-0.15, -0.1) is 11.8 Å². The summed E-state index contributed by atoms with van der Waals surface area (Å²) in [6.45, 7) is 2.20. The fraction of sp³-hybridized carbons (Fsp3) is 0.833. The molecular weight excluding hydrogens is 272 g/mol. The lowest BCUT2D eigenvalue weighted by Crippen LogP contribution is -2.13. The van der Waals surface area contributed by atoms with Crippen molar-refractivity contribution in [2.24, 2.45) is 0 Å². The molecule has 0 atom stereocenters. The molecule has 0 saturated heterocycles. The number of thiol groups is 1. The minimum Gasteiger partial charge on any atom is -0.246 e. The van der Waals surface area contributed by atoms with Crippen molar-refractivity contribution in [2.75, 3.05) is 17.3 Å². The molecule has 4 nitrogen and oxygen atoms in total. The van der Waals surface area contributed by atoms with Gasteiger partial charge < -0.3 is 0 Å². The zero-order chi connectivity index (χ0) is 13.6. The van der Waals surface area contributed by atoms with Gasteiger partial charge in [-0.05, 0) is 12.2 Å². The first-order valence-electron chi connectivity index (χ1n) is 6.29. The van der Waals surface area contributed by atoms with Crippen LogP contribution in [0.25, 0.3) is 0 Å². The monoisotopic (exact) mass is 294 g/mol. The van der Waals surface area contributed by atoms with Gasteiger partial charge in [0.25, 0.3) is 0 Å². The van der Waals surface area contributed by atoms with E-state index >= 15 is 0 Å². The van der Waals surface area contributed by atoms with E-state index in [9.17, 15) is 9.59 Å². The van der Waals surface area contributed by atoms with Crippen molar-refractivity contribution in [3.8, 4) is 0 Å². The number of thioether (sulfide) groups is 1. The number of hydrogen-bond acceptors (Lipinski definition) is 6. The van der Waals surface area contributed by atoms with E-state index < -0.39 is 11.9 Å². The van der Waals surface area contributed by atoms with Crippen LogP contribution in [-0.2, 0) is 19.4 Å². The highest BCUT2D eigenvalue weighted by Gasteiger charge is 2.07. The Balaban J connectivity index is 3.22. The predicted molar refractivity (Wildman–Crippen MR) is 76.7 cm³/mol. The van der Waals surface area contributed by atoms with E-state index in [1.807, 2.05) is 0 Å². The molecule has 0 fully saturated rings. The van der Waals surface area contributed by atoms with Gasteiger partial charge in [-0.1, -0.05) is 39.0 Å². The first-order valence-corrected chi connectivity index (χ1v) is 8.08. The Morgan fingerprint density at radius 2 is 1.61 bits per heavy atom. The summed E-state index contributed by atoms with van der Waals surface area (Å²) in [6, 6.07) is 0. The summed E-state index contributed by atoms with van der Waals surface area (Å²) in [5.74, 6) is -0.136. The Morgan fingerprint density at radius 1 is 1.00 bits per heavy atom. The standard InChI is InChI=1S/C12H22O4S2/c1-2-3-4-5-6-7-8-18-10-12(14)16-15-11(13)9-17/h17H,2-10H2,1H3. The van der Waals surface area contributed by atoms with E-state index in [-0.39, 0.29) is 11.5 Å². The van der Waals surface area contributed by atoms with Gasteiger partial charge in [0.2, 0.25) is 0 Å². The maximum absolute atomic E-state index is 11.1. The second kappa shape index (κ2) is 13.1. The molecule has 18 heavy (non-hydrogen) atoms. The lowest BCUT2D eigenvalue weighted by molar-refractivity contribution is -0.254. The average Bonchev–Trinajstić information content (AvgIpc) is 2.39. The predicted octanol–water partition coefficient (Wildman–Crippen LogP) is 3.01. The Labute approximate surface area is 119 Å². The Kier molecular flexibility index (Phi) is 12.8. The van der Waals surface area contributed by atoms with E-state index in [2.05, 4.69) is 29.3 Å². The molecule has 0 aliphatic heterocycles. The van der Waals surface area contributed by atoms with Crippen LogP contribution in [-0.4, -0.2) is 29.2 Å². The lowest BCUT2D eigenvalue weighted by Gasteiger charge is -2.02. The lowest BCUT2D eigenvalue weighted by atomic mass is 10.1. The number of unbranched alkanes of at least 4 members (excludes halogenated alkanes) is 5. The number of carbonyl (C=O) groups excluding carboxylic acids is 2. The molecule has 106 valence electrons. The topological polar surface area (TPSA) is 52.6 Å². The van der Waals surface area contributed by atoms with Crippen molar-refractivity contribution in [2.45, 2.75) is 45.4 Å². The summed E-state index contributed by atoms with van der Waals surface area (Å²) in [5, 5.41) is 0.